The van der Waals surface area contributed by atoms with Gasteiger partial charge in [0.15, 0.2) is 0 Å². The van der Waals surface area contributed by atoms with E-state index in [1.807, 2.05) is 62.4 Å². The van der Waals surface area contributed by atoms with Crippen LogP contribution in [0.4, 0.5) is 5.69 Å². The van der Waals surface area contributed by atoms with Gasteiger partial charge in [0.05, 0.1) is 11.8 Å². The van der Waals surface area contributed by atoms with Crippen LogP contribution in [0.3, 0.4) is 0 Å². The van der Waals surface area contributed by atoms with Crippen molar-refractivity contribution in [1.29, 1.82) is 0 Å². The highest BCUT2D eigenvalue weighted by atomic mass is 16.3. The van der Waals surface area contributed by atoms with Gasteiger partial charge in [0.25, 0.3) is 5.91 Å². The van der Waals surface area contributed by atoms with E-state index in [1.54, 1.807) is 18.2 Å². The summed E-state index contributed by atoms with van der Waals surface area (Å²) in [6, 6.07) is 22.2. The fraction of sp³-hybridized carbons (Fsp3) is 0.286. The normalized spacial score (nSPS) is 12.1. The van der Waals surface area contributed by atoms with E-state index in [-0.39, 0.29) is 29.4 Å². The Kier molecular flexibility index (Phi) is 9.00. The van der Waals surface area contributed by atoms with Crippen LogP contribution in [0.2, 0.25) is 0 Å². The quantitative estimate of drug-likeness (QED) is 0.203. The number of hydrogen-bond donors (Lipinski definition) is 5. The average molecular weight is 476 g/mol. The number of carbonyl (C=O) groups is 2. The number of carbonyl (C=O) groups excluding carboxylic acids is 2. The number of amides is 2. The molecule has 0 spiro atoms. The first-order chi connectivity index (χ1) is 16.8. The van der Waals surface area contributed by atoms with Gasteiger partial charge in [-0.3, -0.25) is 9.59 Å². The van der Waals surface area contributed by atoms with Crippen molar-refractivity contribution in [2.24, 2.45) is 0 Å². The van der Waals surface area contributed by atoms with Gasteiger partial charge in [0.2, 0.25) is 6.41 Å². The molecule has 5 N–H and O–H groups in total. The molecule has 0 bridgehead atoms. The van der Waals surface area contributed by atoms with Gasteiger partial charge in [-0.1, -0.05) is 48.5 Å². The lowest BCUT2D eigenvalue weighted by Crippen LogP contribution is -2.43. The van der Waals surface area contributed by atoms with Crippen molar-refractivity contribution >= 4 is 18.0 Å². The molecule has 0 saturated heterocycles. The lowest BCUT2D eigenvalue weighted by Gasteiger charge is -2.28. The maximum Gasteiger partial charge on any atom is 0.251 e. The van der Waals surface area contributed by atoms with E-state index in [0.717, 1.165) is 12.0 Å². The van der Waals surface area contributed by atoms with Crippen molar-refractivity contribution < 1.29 is 19.8 Å². The monoisotopic (exact) mass is 475 g/mol. The number of aliphatic hydroxyl groups is 1. The molecule has 0 fully saturated rings. The van der Waals surface area contributed by atoms with Crippen LogP contribution in [-0.4, -0.2) is 41.2 Å². The Morgan fingerprint density at radius 3 is 2.49 bits per heavy atom. The molecular formula is C28H33N3O4. The molecule has 3 rings (SSSR count). The summed E-state index contributed by atoms with van der Waals surface area (Å²) in [6.45, 7) is 4.91. The van der Waals surface area contributed by atoms with Crippen LogP contribution < -0.4 is 16.0 Å². The molecule has 184 valence electrons. The number of β-amino-alcohol motifs (C(OH)–C–C–N with tert-alkyl or cyclic N) is 1. The van der Waals surface area contributed by atoms with Crippen LogP contribution in [-0.2, 0) is 17.6 Å². The Balaban J connectivity index is 1.54. The maximum atomic E-state index is 12.6. The van der Waals surface area contributed by atoms with E-state index in [9.17, 15) is 19.8 Å². The summed E-state index contributed by atoms with van der Waals surface area (Å²) in [4.78, 5) is 23.3. The lowest BCUT2D eigenvalue weighted by atomic mass is 9.93. The third kappa shape index (κ3) is 7.95. The zero-order valence-corrected chi connectivity index (χ0v) is 20.1. The Morgan fingerprint density at radius 2 is 1.74 bits per heavy atom. The van der Waals surface area contributed by atoms with Gasteiger partial charge in [0, 0.05) is 24.2 Å². The molecule has 0 aromatic heterocycles. The van der Waals surface area contributed by atoms with Crippen molar-refractivity contribution in [3.05, 3.63) is 95.1 Å². The molecule has 2 amide bonds. The SMILES string of the molecule is CC(C)(Cc1cccc(C(=O)NCCc2ccccc2)c1)NC[C@@H](O)c1ccc(O)c(NC=O)c1. The van der Waals surface area contributed by atoms with E-state index in [1.165, 1.54) is 11.6 Å². The second-order valence-electron chi connectivity index (χ2n) is 9.19. The zero-order valence-electron chi connectivity index (χ0n) is 20.1. The number of nitrogens with one attached hydrogen (secondary N) is 3. The predicted molar refractivity (Wildman–Crippen MR) is 137 cm³/mol. The first kappa shape index (κ1) is 25.9. The van der Waals surface area contributed by atoms with Crippen LogP contribution in [0.1, 0.15) is 47.0 Å². The highest BCUT2D eigenvalue weighted by Crippen LogP contribution is 2.27. The minimum absolute atomic E-state index is 0.0645. The largest absolute Gasteiger partial charge is 0.506 e. The summed E-state index contributed by atoms with van der Waals surface area (Å²) >= 11 is 0. The van der Waals surface area contributed by atoms with E-state index >= 15 is 0 Å². The van der Waals surface area contributed by atoms with Gasteiger partial charge < -0.3 is 26.2 Å². The summed E-state index contributed by atoms with van der Waals surface area (Å²) in [7, 11) is 0. The fourth-order valence-corrected chi connectivity index (χ4v) is 3.89. The van der Waals surface area contributed by atoms with Crippen LogP contribution in [0.25, 0.3) is 0 Å². The first-order valence-electron chi connectivity index (χ1n) is 11.6. The number of phenolic OH excluding ortho intramolecular Hbond substituents is 1. The summed E-state index contributed by atoms with van der Waals surface area (Å²) in [5.74, 6) is -0.165. The number of anilines is 1. The molecular weight excluding hydrogens is 442 g/mol. The molecule has 1 atom stereocenters. The molecule has 0 aliphatic heterocycles. The topological polar surface area (TPSA) is 111 Å². The van der Waals surface area contributed by atoms with Crippen molar-refractivity contribution in [3.8, 4) is 5.75 Å². The van der Waals surface area contributed by atoms with Crippen molar-refractivity contribution in [3.63, 3.8) is 0 Å². The number of aliphatic hydroxyl groups excluding tert-OH is 1. The van der Waals surface area contributed by atoms with Crippen LogP contribution in [0, 0.1) is 0 Å². The van der Waals surface area contributed by atoms with Gasteiger partial charge in [-0.2, -0.15) is 0 Å². The number of phenols is 1. The highest BCUT2D eigenvalue weighted by Gasteiger charge is 2.21. The minimum Gasteiger partial charge on any atom is -0.506 e. The van der Waals surface area contributed by atoms with Crippen molar-refractivity contribution in [2.75, 3.05) is 18.4 Å². The Labute approximate surface area is 206 Å². The smallest absolute Gasteiger partial charge is 0.251 e. The molecule has 7 heteroatoms. The molecule has 0 unspecified atom stereocenters. The molecule has 0 saturated carbocycles. The summed E-state index contributed by atoms with van der Waals surface area (Å²) in [5.41, 5.74) is 3.27. The maximum absolute atomic E-state index is 12.6. The number of rotatable bonds is 12. The summed E-state index contributed by atoms with van der Waals surface area (Å²) < 4.78 is 0. The lowest BCUT2D eigenvalue weighted by molar-refractivity contribution is -0.105. The molecule has 0 aliphatic carbocycles. The van der Waals surface area contributed by atoms with E-state index < -0.39 is 6.10 Å². The van der Waals surface area contributed by atoms with Gasteiger partial charge in [-0.15, -0.1) is 0 Å². The Bertz CT molecular complexity index is 1130. The van der Waals surface area contributed by atoms with Crippen LogP contribution in [0.5, 0.6) is 5.75 Å². The van der Waals surface area contributed by atoms with Crippen molar-refractivity contribution in [1.82, 2.24) is 10.6 Å². The third-order valence-corrected chi connectivity index (χ3v) is 5.77. The molecule has 3 aromatic carbocycles. The Morgan fingerprint density at radius 1 is 1.00 bits per heavy atom. The zero-order chi connectivity index (χ0) is 25.3. The minimum atomic E-state index is -0.830. The number of hydrogen-bond acceptors (Lipinski definition) is 5. The van der Waals surface area contributed by atoms with Gasteiger partial charge in [-0.05, 0) is 67.6 Å². The van der Waals surface area contributed by atoms with E-state index in [0.29, 0.717) is 30.5 Å². The van der Waals surface area contributed by atoms with Crippen LogP contribution >= 0.6 is 0 Å². The molecule has 0 heterocycles. The van der Waals surface area contributed by atoms with Gasteiger partial charge >= 0.3 is 0 Å². The van der Waals surface area contributed by atoms with Crippen LogP contribution in [0.15, 0.2) is 72.8 Å². The Hall–Kier alpha value is -3.68. The third-order valence-electron chi connectivity index (χ3n) is 5.77. The highest BCUT2D eigenvalue weighted by molar-refractivity contribution is 5.94. The van der Waals surface area contributed by atoms with Crippen molar-refractivity contribution in [2.45, 2.75) is 38.3 Å². The van der Waals surface area contributed by atoms with Gasteiger partial charge in [-0.25, -0.2) is 0 Å². The molecule has 7 nitrogen and oxygen atoms in total. The average Bonchev–Trinajstić information content (AvgIpc) is 2.84. The second-order valence-corrected chi connectivity index (χ2v) is 9.19. The molecule has 35 heavy (non-hydrogen) atoms. The van der Waals surface area contributed by atoms with E-state index in [2.05, 4.69) is 16.0 Å². The number of aromatic hydroxyl groups is 1. The number of benzene rings is 3. The second kappa shape index (κ2) is 12.1. The van der Waals surface area contributed by atoms with E-state index in [4.69, 9.17) is 0 Å². The standard InChI is InChI=1S/C28H33N3O4/c1-28(2,31-18-26(34)22-11-12-25(33)24(16-22)30-19-32)17-21-9-6-10-23(15-21)27(35)29-14-13-20-7-4-3-5-8-20/h3-12,15-16,19,26,31,33-34H,13-14,17-18H2,1-2H3,(H,29,35)(H,30,32)/t26-/m1/s1. The molecule has 0 radical (unpaired) electrons. The first-order valence-corrected chi connectivity index (χ1v) is 11.6. The summed E-state index contributed by atoms with van der Waals surface area (Å²) in [5, 5.41) is 29.2. The summed E-state index contributed by atoms with van der Waals surface area (Å²) in [6.07, 6.45) is 1.07. The predicted octanol–water partition coefficient (Wildman–Crippen LogP) is 3.58. The molecule has 0 aliphatic rings. The fourth-order valence-electron chi connectivity index (χ4n) is 3.89. The molecule has 3 aromatic rings. The van der Waals surface area contributed by atoms with Gasteiger partial charge in [0.1, 0.15) is 5.75 Å².